The number of carbonyl (C=O) groups excluding carboxylic acids is 2. The van der Waals surface area contributed by atoms with E-state index in [0.717, 1.165) is 18.7 Å². The highest BCUT2D eigenvalue weighted by Gasteiger charge is 2.30. The third-order valence-electron chi connectivity index (χ3n) is 2.81. The summed E-state index contributed by atoms with van der Waals surface area (Å²) in [4.78, 5) is 22.5. The van der Waals surface area contributed by atoms with Gasteiger partial charge in [0.1, 0.15) is 5.82 Å². The summed E-state index contributed by atoms with van der Waals surface area (Å²) in [7, 11) is 1.46. The number of imide groups is 1. The SMILES string of the molecule is C=CCn1c(SCC(=O)NC(=O)NC)nnc1C1CC1. The second-order valence-electron chi connectivity index (χ2n) is 4.43. The zero-order valence-electron chi connectivity index (χ0n) is 11.3. The van der Waals surface area contributed by atoms with Crippen LogP contribution in [0, 0.1) is 0 Å². The highest BCUT2D eigenvalue weighted by Crippen LogP contribution is 2.39. The van der Waals surface area contributed by atoms with Crippen molar-refractivity contribution in [3.05, 3.63) is 18.5 Å². The van der Waals surface area contributed by atoms with Gasteiger partial charge >= 0.3 is 6.03 Å². The topological polar surface area (TPSA) is 88.9 Å². The first-order valence-electron chi connectivity index (χ1n) is 6.34. The number of hydrogen-bond acceptors (Lipinski definition) is 5. The molecular weight excluding hydrogens is 278 g/mol. The van der Waals surface area contributed by atoms with Crippen LogP contribution in [0.1, 0.15) is 24.6 Å². The summed E-state index contributed by atoms with van der Waals surface area (Å²) >= 11 is 1.26. The number of nitrogens with one attached hydrogen (secondary N) is 2. The van der Waals surface area contributed by atoms with Crippen LogP contribution in [-0.2, 0) is 11.3 Å². The molecule has 0 radical (unpaired) electrons. The van der Waals surface area contributed by atoms with E-state index < -0.39 is 6.03 Å². The second-order valence-corrected chi connectivity index (χ2v) is 5.37. The fourth-order valence-electron chi connectivity index (χ4n) is 1.71. The van der Waals surface area contributed by atoms with E-state index in [0.29, 0.717) is 17.6 Å². The van der Waals surface area contributed by atoms with E-state index in [9.17, 15) is 9.59 Å². The fourth-order valence-corrected chi connectivity index (χ4v) is 2.46. The van der Waals surface area contributed by atoms with Crippen molar-refractivity contribution in [2.75, 3.05) is 12.8 Å². The Balaban J connectivity index is 1.96. The van der Waals surface area contributed by atoms with Crippen LogP contribution in [0.5, 0.6) is 0 Å². The van der Waals surface area contributed by atoms with Crippen molar-refractivity contribution in [1.82, 2.24) is 25.4 Å². The lowest BCUT2D eigenvalue weighted by molar-refractivity contribution is -0.117. The van der Waals surface area contributed by atoms with Gasteiger partial charge in [-0.1, -0.05) is 17.8 Å². The lowest BCUT2D eigenvalue weighted by Crippen LogP contribution is -2.38. The Morgan fingerprint density at radius 1 is 1.50 bits per heavy atom. The number of allylic oxidation sites excluding steroid dienone is 1. The highest BCUT2D eigenvalue weighted by atomic mass is 32.2. The fraction of sp³-hybridized carbons (Fsp3) is 0.500. The predicted octanol–water partition coefficient (Wildman–Crippen LogP) is 0.889. The molecule has 0 aromatic carbocycles. The van der Waals surface area contributed by atoms with E-state index in [1.807, 2.05) is 4.57 Å². The average Bonchev–Trinajstić information content (AvgIpc) is 3.20. The Hall–Kier alpha value is -1.83. The van der Waals surface area contributed by atoms with Crippen LogP contribution >= 0.6 is 11.8 Å². The maximum atomic E-state index is 11.5. The molecule has 1 aliphatic carbocycles. The summed E-state index contributed by atoms with van der Waals surface area (Å²) in [5.41, 5.74) is 0. The van der Waals surface area contributed by atoms with E-state index in [1.165, 1.54) is 18.8 Å². The molecule has 0 spiro atoms. The van der Waals surface area contributed by atoms with Crippen LogP contribution in [0.4, 0.5) is 4.79 Å². The minimum atomic E-state index is -0.512. The van der Waals surface area contributed by atoms with Gasteiger partial charge in [-0.05, 0) is 12.8 Å². The van der Waals surface area contributed by atoms with Crippen LogP contribution in [0.2, 0.25) is 0 Å². The maximum Gasteiger partial charge on any atom is 0.321 e. The molecule has 2 N–H and O–H groups in total. The first-order valence-corrected chi connectivity index (χ1v) is 7.32. The van der Waals surface area contributed by atoms with E-state index in [1.54, 1.807) is 6.08 Å². The van der Waals surface area contributed by atoms with Gasteiger partial charge in [-0.2, -0.15) is 0 Å². The molecule has 108 valence electrons. The Morgan fingerprint density at radius 2 is 2.25 bits per heavy atom. The predicted molar refractivity (Wildman–Crippen MR) is 75.5 cm³/mol. The van der Waals surface area contributed by atoms with Gasteiger partial charge in [-0.3, -0.25) is 10.1 Å². The van der Waals surface area contributed by atoms with Gasteiger partial charge in [-0.15, -0.1) is 16.8 Å². The summed E-state index contributed by atoms with van der Waals surface area (Å²) in [6, 6.07) is -0.512. The van der Waals surface area contributed by atoms with E-state index in [2.05, 4.69) is 27.4 Å². The molecule has 20 heavy (non-hydrogen) atoms. The number of urea groups is 1. The Bertz CT molecular complexity index is 524. The molecule has 1 aromatic rings. The molecule has 0 aliphatic heterocycles. The minimum absolute atomic E-state index is 0.118. The number of rotatable bonds is 6. The van der Waals surface area contributed by atoms with Crippen molar-refractivity contribution in [1.29, 1.82) is 0 Å². The third kappa shape index (κ3) is 3.60. The number of hydrogen-bond donors (Lipinski definition) is 2. The summed E-state index contributed by atoms with van der Waals surface area (Å²) in [5.74, 6) is 1.19. The molecule has 1 heterocycles. The minimum Gasteiger partial charge on any atom is -0.341 e. The monoisotopic (exact) mass is 295 g/mol. The highest BCUT2D eigenvalue weighted by molar-refractivity contribution is 7.99. The van der Waals surface area contributed by atoms with Crippen molar-refractivity contribution in [2.45, 2.75) is 30.5 Å². The molecule has 1 saturated carbocycles. The summed E-state index contributed by atoms with van der Waals surface area (Å²) < 4.78 is 1.97. The Morgan fingerprint density at radius 3 is 2.85 bits per heavy atom. The molecule has 1 aromatic heterocycles. The van der Waals surface area contributed by atoms with Crippen LogP contribution < -0.4 is 10.6 Å². The normalized spacial score (nSPS) is 13.8. The molecule has 1 aliphatic rings. The molecule has 8 heteroatoms. The number of amides is 3. The third-order valence-corrected chi connectivity index (χ3v) is 3.78. The molecule has 0 atom stereocenters. The van der Waals surface area contributed by atoms with Crippen molar-refractivity contribution in [2.24, 2.45) is 0 Å². The van der Waals surface area contributed by atoms with Crippen LogP contribution in [0.3, 0.4) is 0 Å². The van der Waals surface area contributed by atoms with E-state index in [-0.39, 0.29) is 11.7 Å². The van der Waals surface area contributed by atoms with Crippen molar-refractivity contribution < 1.29 is 9.59 Å². The standard InChI is InChI=1S/C12H17N5O2S/c1-3-6-17-10(8-4-5-8)15-16-12(17)20-7-9(18)14-11(19)13-2/h3,8H,1,4-7H2,2H3,(H2,13,14,18,19). The van der Waals surface area contributed by atoms with Gasteiger partial charge in [-0.25, -0.2) is 4.79 Å². The van der Waals surface area contributed by atoms with Crippen molar-refractivity contribution in [3.8, 4) is 0 Å². The smallest absolute Gasteiger partial charge is 0.321 e. The van der Waals surface area contributed by atoms with Gasteiger partial charge in [0.05, 0.1) is 5.75 Å². The average molecular weight is 295 g/mol. The molecule has 1 fully saturated rings. The van der Waals surface area contributed by atoms with Gasteiger partial charge in [0.15, 0.2) is 5.16 Å². The molecule has 0 saturated heterocycles. The van der Waals surface area contributed by atoms with Gasteiger partial charge in [0.2, 0.25) is 5.91 Å². The second kappa shape index (κ2) is 6.56. The maximum absolute atomic E-state index is 11.5. The number of carbonyl (C=O) groups is 2. The first-order chi connectivity index (χ1) is 9.65. The van der Waals surface area contributed by atoms with Crippen molar-refractivity contribution in [3.63, 3.8) is 0 Å². The zero-order valence-corrected chi connectivity index (χ0v) is 12.1. The molecule has 7 nitrogen and oxygen atoms in total. The molecule has 3 amide bonds. The quantitative estimate of drug-likeness (QED) is 0.601. The lowest BCUT2D eigenvalue weighted by Gasteiger charge is -2.06. The van der Waals surface area contributed by atoms with Crippen LogP contribution in [-0.4, -0.2) is 39.5 Å². The number of nitrogens with zero attached hydrogens (tertiary/aromatic N) is 3. The Kier molecular flexibility index (Phi) is 4.78. The van der Waals surface area contributed by atoms with Gasteiger partial charge in [0, 0.05) is 19.5 Å². The molecular formula is C12H17N5O2S. The molecule has 0 bridgehead atoms. The van der Waals surface area contributed by atoms with E-state index >= 15 is 0 Å². The van der Waals surface area contributed by atoms with Crippen LogP contribution in [0.15, 0.2) is 17.8 Å². The van der Waals surface area contributed by atoms with Gasteiger partial charge in [0.25, 0.3) is 0 Å². The number of thioether (sulfide) groups is 1. The summed E-state index contributed by atoms with van der Waals surface area (Å²) in [6.45, 7) is 4.35. The van der Waals surface area contributed by atoms with Crippen LogP contribution in [0.25, 0.3) is 0 Å². The lowest BCUT2D eigenvalue weighted by atomic mass is 10.4. The largest absolute Gasteiger partial charge is 0.341 e. The number of aromatic nitrogens is 3. The molecule has 2 rings (SSSR count). The zero-order chi connectivity index (χ0) is 14.5. The summed E-state index contributed by atoms with van der Waals surface area (Å²) in [5, 5.41) is 13.5. The van der Waals surface area contributed by atoms with Gasteiger partial charge < -0.3 is 9.88 Å². The Labute approximate surface area is 121 Å². The summed E-state index contributed by atoms with van der Waals surface area (Å²) in [6.07, 6.45) is 4.05. The molecule has 0 unspecified atom stereocenters. The van der Waals surface area contributed by atoms with Crippen molar-refractivity contribution >= 4 is 23.7 Å². The van der Waals surface area contributed by atoms with E-state index in [4.69, 9.17) is 0 Å². The first kappa shape index (κ1) is 14.6.